The van der Waals surface area contributed by atoms with Gasteiger partial charge in [-0.05, 0) is 31.2 Å². The first-order valence-corrected chi connectivity index (χ1v) is 9.39. The summed E-state index contributed by atoms with van der Waals surface area (Å²) in [7, 11) is 0. The Hall–Kier alpha value is -4.21. The average Bonchev–Trinajstić information content (AvgIpc) is 3.21. The molecule has 2 aromatic carbocycles. The lowest BCUT2D eigenvalue weighted by atomic mass is 10.2. The zero-order chi connectivity index (χ0) is 22.7. The summed E-state index contributed by atoms with van der Waals surface area (Å²) in [6.07, 6.45) is 0.438. The van der Waals surface area contributed by atoms with Gasteiger partial charge in [-0.25, -0.2) is 9.67 Å². The third-order valence-electron chi connectivity index (χ3n) is 4.41. The second-order valence-electron chi connectivity index (χ2n) is 6.78. The Morgan fingerprint density at radius 3 is 2.53 bits per heavy atom. The van der Waals surface area contributed by atoms with Crippen LogP contribution in [-0.4, -0.2) is 25.7 Å². The lowest BCUT2D eigenvalue weighted by molar-refractivity contribution is -0.143. The molecule has 0 spiro atoms. The van der Waals surface area contributed by atoms with Gasteiger partial charge in [0.2, 0.25) is 5.88 Å². The number of nitrogens with zero attached hydrogens (tertiary/aromatic N) is 4. The van der Waals surface area contributed by atoms with Crippen LogP contribution in [0, 0.1) is 6.92 Å². The largest absolute Gasteiger partial charge is 0.437 e. The molecule has 4 rings (SSSR count). The van der Waals surface area contributed by atoms with E-state index in [2.05, 4.69) is 20.4 Å². The Balaban J connectivity index is 1.61. The van der Waals surface area contributed by atoms with Gasteiger partial charge in [-0.1, -0.05) is 23.8 Å². The maximum absolute atomic E-state index is 13.8. The molecule has 4 aromatic rings. The van der Waals surface area contributed by atoms with Crippen LogP contribution in [0.4, 0.5) is 18.9 Å². The molecule has 0 aliphatic carbocycles. The molecule has 0 radical (unpaired) electrons. The van der Waals surface area contributed by atoms with Gasteiger partial charge in [-0.3, -0.25) is 9.78 Å². The number of ether oxygens (including phenoxy) is 1. The van der Waals surface area contributed by atoms with Gasteiger partial charge in [0.1, 0.15) is 5.75 Å². The molecule has 162 valence electrons. The number of nitrogens with one attached hydrogen (secondary N) is 1. The summed E-state index contributed by atoms with van der Waals surface area (Å²) < 4.78 is 47.8. The monoisotopic (exact) mass is 439 g/mol. The third-order valence-corrected chi connectivity index (χ3v) is 4.41. The van der Waals surface area contributed by atoms with Gasteiger partial charge < -0.3 is 10.1 Å². The molecule has 0 bridgehead atoms. The van der Waals surface area contributed by atoms with E-state index in [1.807, 2.05) is 6.92 Å². The average molecular weight is 439 g/mol. The summed E-state index contributed by atoms with van der Waals surface area (Å²) in [4.78, 5) is 20.6. The number of anilines is 1. The first kappa shape index (κ1) is 21.0. The predicted molar refractivity (Wildman–Crippen MR) is 110 cm³/mol. The van der Waals surface area contributed by atoms with Crippen LogP contribution in [0.5, 0.6) is 11.6 Å². The number of carbonyl (C=O) groups excluding carboxylic acids is 1. The Kier molecular flexibility index (Phi) is 5.59. The summed E-state index contributed by atoms with van der Waals surface area (Å²) in [6, 6.07) is 12.5. The van der Waals surface area contributed by atoms with Gasteiger partial charge in [0.25, 0.3) is 5.91 Å². The van der Waals surface area contributed by atoms with Crippen LogP contribution in [0.15, 0.2) is 73.3 Å². The molecule has 2 aromatic heterocycles. The van der Waals surface area contributed by atoms with Crippen molar-refractivity contribution in [3.8, 4) is 17.3 Å². The third kappa shape index (κ3) is 4.59. The molecule has 7 nitrogen and oxygen atoms in total. The lowest BCUT2D eigenvalue weighted by Crippen LogP contribution is -2.20. The summed E-state index contributed by atoms with van der Waals surface area (Å²) in [5.41, 5.74) is -0.436. The number of hydrogen-bond donors (Lipinski definition) is 1. The van der Waals surface area contributed by atoms with Crippen molar-refractivity contribution < 1.29 is 22.7 Å². The number of amides is 1. The number of halogens is 3. The molecule has 0 saturated heterocycles. The maximum Gasteiger partial charge on any atom is 0.434 e. The standard InChI is InChI=1S/C22H16F3N5O2/c1-14-5-7-16(8-6-14)30-20(22(23,24)25)18(12-28-30)21(31)29-15-3-2-4-17(11-15)32-19-13-26-9-10-27-19/h2-13H,1H3,(H,29,31). The number of alkyl halides is 3. The number of carbonyl (C=O) groups is 1. The van der Waals surface area contributed by atoms with Crippen molar-refractivity contribution in [1.29, 1.82) is 0 Å². The highest BCUT2D eigenvalue weighted by atomic mass is 19.4. The fourth-order valence-corrected chi connectivity index (χ4v) is 2.96. The first-order valence-electron chi connectivity index (χ1n) is 9.39. The highest BCUT2D eigenvalue weighted by molar-refractivity contribution is 6.05. The van der Waals surface area contributed by atoms with E-state index in [1.54, 1.807) is 24.3 Å². The molecule has 0 saturated carbocycles. The fraction of sp³-hybridized carbons (Fsp3) is 0.0909. The van der Waals surface area contributed by atoms with Gasteiger partial charge in [0, 0.05) is 24.1 Å². The zero-order valence-electron chi connectivity index (χ0n) is 16.7. The Morgan fingerprint density at radius 1 is 1.06 bits per heavy atom. The number of hydrogen-bond acceptors (Lipinski definition) is 5. The molecular weight excluding hydrogens is 423 g/mol. The molecule has 1 amide bonds. The lowest BCUT2D eigenvalue weighted by Gasteiger charge is -2.13. The molecule has 10 heteroatoms. The van der Waals surface area contributed by atoms with Gasteiger partial charge in [-0.15, -0.1) is 0 Å². The maximum atomic E-state index is 13.8. The van der Waals surface area contributed by atoms with E-state index in [9.17, 15) is 18.0 Å². The van der Waals surface area contributed by atoms with Crippen molar-refractivity contribution in [3.63, 3.8) is 0 Å². The summed E-state index contributed by atoms with van der Waals surface area (Å²) in [5.74, 6) is -0.392. The van der Waals surface area contributed by atoms with Gasteiger partial charge in [0.15, 0.2) is 5.69 Å². The minimum Gasteiger partial charge on any atom is -0.437 e. The van der Waals surface area contributed by atoms with Crippen molar-refractivity contribution in [1.82, 2.24) is 19.7 Å². The molecule has 0 fully saturated rings. The summed E-state index contributed by atoms with van der Waals surface area (Å²) in [6.45, 7) is 1.82. The van der Waals surface area contributed by atoms with E-state index >= 15 is 0 Å². The van der Waals surface area contributed by atoms with E-state index in [4.69, 9.17) is 4.74 Å². The summed E-state index contributed by atoms with van der Waals surface area (Å²) in [5, 5.41) is 6.28. The van der Waals surface area contributed by atoms with Crippen LogP contribution in [-0.2, 0) is 6.18 Å². The highest BCUT2D eigenvalue weighted by Crippen LogP contribution is 2.34. The van der Waals surface area contributed by atoms with E-state index in [-0.39, 0.29) is 17.3 Å². The van der Waals surface area contributed by atoms with Gasteiger partial charge >= 0.3 is 6.18 Å². The molecule has 0 unspecified atom stereocenters. The smallest absolute Gasteiger partial charge is 0.434 e. The van der Waals surface area contributed by atoms with Crippen LogP contribution in [0.1, 0.15) is 21.6 Å². The zero-order valence-corrected chi connectivity index (χ0v) is 16.7. The number of aryl methyl sites for hydroxylation is 1. The van der Waals surface area contributed by atoms with Crippen LogP contribution < -0.4 is 10.1 Å². The van der Waals surface area contributed by atoms with E-state index < -0.39 is 23.3 Å². The van der Waals surface area contributed by atoms with Crippen molar-refractivity contribution >= 4 is 11.6 Å². The Morgan fingerprint density at radius 2 is 1.84 bits per heavy atom. The van der Waals surface area contributed by atoms with Crippen LogP contribution in [0.25, 0.3) is 5.69 Å². The number of aromatic nitrogens is 4. The topological polar surface area (TPSA) is 81.9 Å². The SMILES string of the molecule is Cc1ccc(-n2ncc(C(=O)Nc3cccc(Oc4cnccn4)c3)c2C(F)(F)F)cc1. The van der Waals surface area contributed by atoms with E-state index in [0.717, 1.165) is 11.8 Å². The molecule has 32 heavy (non-hydrogen) atoms. The van der Waals surface area contributed by atoms with Gasteiger partial charge in [-0.2, -0.15) is 18.3 Å². The Bertz CT molecular complexity index is 1240. The van der Waals surface area contributed by atoms with Crippen molar-refractivity contribution in [2.75, 3.05) is 5.32 Å². The van der Waals surface area contributed by atoms with Crippen LogP contribution in [0.2, 0.25) is 0 Å². The van der Waals surface area contributed by atoms with Crippen LogP contribution in [0.3, 0.4) is 0 Å². The first-order chi connectivity index (χ1) is 15.3. The second-order valence-corrected chi connectivity index (χ2v) is 6.78. The minimum atomic E-state index is -4.80. The van der Waals surface area contributed by atoms with Gasteiger partial charge in [0.05, 0.1) is 23.6 Å². The van der Waals surface area contributed by atoms with Crippen molar-refractivity contribution in [2.45, 2.75) is 13.1 Å². The quantitative estimate of drug-likeness (QED) is 0.472. The Labute approximate surface area is 180 Å². The number of rotatable bonds is 5. The second kappa shape index (κ2) is 8.50. The predicted octanol–water partition coefficient (Wildman–Crippen LogP) is 5.03. The van der Waals surface area contributed by atoms with E-state index in [0.29, 0.717) is 10.4 Å². The summed E-state index contributed by atoms with van der Waals surface area (Å²) >= 11 is 0. The normalized spacial score (nSPS) is 11.2. The molecule has 0 atom stereocenters. The van der Waals surface area contributed by atoms with Crippen LogP contribution >= 0.6 is 0 Å². The van der Waals surface area contributed by atoms with Crippen molar-refractivity contribution in [2.24, 2.45) is 0 Å². The highest BCUT2D eigenvalue weighted by Gasteiger charge is 2.40. The minimum absolute atomic E-state index is 0.196. The molecule has 0 aliphatic rings. The molecular formula is C22H16F3N5O2. The number of benzene rings is 2. The molecule has 2 heterocycles. The fourth-order valence-electron chi connectivity index (χ4n) is 2.96. The van der Waals surface area contributed by atoms with Crippen molar-refractivity contribution in [3.05, 3.63) is 90.1 Å². The molecule has 0 aliphatic heterocycles. The van der Waals surface area contributed by atoms with E-state index in [1.165, 1.54) is 42.9 Å². The molecule has 1 N–H and O–H groups in total.